The summed E-state index contributed by atoms with van der Waals surface area (Å²) in [6, 6.07) is 0. The van der Waals surface area contributed by atoms with Gasteiger partial charge in [-0.15, -0.1) is 0 Å². The van der Waals surface area contributed by atoms with Gasteiger partial charge in [-0.25, -0.2) is 0 Å². The molecule has 1 spiro atoms. The van der Waals surface area contributed by atoms with E-state index in [2.05, 4.69) is 0 Å². The van der Waals surface area contributed by atoms with E-state index >= 15 is 0 Å². The first-order chi connectivity index (χ1) is 7.21. The van der Waals surface area contributed by atoms with Crippen LogP contribution in [0.1, 0.15) is 42.7 Å². The summed E-state index contributed by atoms with van der Waals surface area (Å²) in [6.07, 6.45) is 8.36. The number of aliphatic carboxylic acids is 1. The number of furan rings is 1. The maximum absolute atomic E-state index is 10.9. The molecule has 1 aromatic heterocycles. The van der Waals surface area contributed by atoms with Gasteiger partial charge in [0.05, 0.1) is 18.9 Å². The van der Waals surface area contributed by atoms with Gasteiger partial charge in [-0.2, -0.15) is 0 Å². The first kappa shape index (κ1) is 9.01. The molecule has 0 aromatic carbocycles. The third-order valence-electron chi connectivity index (χ3n) is 4.05. The van der Waals surface area contributed by atoms with Crippen molar-refractivity contribution in [1.82, 2.24) is 0 Å². The van der Waals surface area contributed by atoms with Crippen molar-refractivity contribution in [2.24, 2.45) is 5.41 Å². The summed E-state index contributed by atoms with van der Waals surface area (Å²) >= 11 is 0. The van der Waals surface area contributed by atoms with Crippen molar-refractivity contribution in [2.75, 3.05) is 0 Å². The Labute approximate surface area is 88.1 Å². The highest BCUT2D eigenvalue weighted by Gasteiger charge is 2.52. The summed E-state index contributed by atoms with van der Waals surface area (Å²) in [7, 11) is 0. The topological polar surface area (TPSA) is 50.4 Å². The van der Waals surface area contributed by atoms with Crippen LogP contribution in [0, 0.1) is 5.41 Å². The number of carboxylic acids is 1. The first-order valence-electron chi connectivity index (χ1n) is 5.48. The van der Waals surface area contributed by atoms with E-state index in [1.165, 1.54) is 18.4 Å². The zero-order valence-corrected chi connectivity index (χ0v) is 8.53. The van der Waals surface area contributed by atoms with Crippen molar-refractivity contribution in [1.29, 1.82) is 0 Å². The van der Waals surface area contributed by atoms with Crippen molar-refractivity contribution >= 4 is 5.97 Å². The summed E-state index contributed by atoms with van der Waals surface area (Å²) < 4.78 is 5.21. The van der Waals surface area contributed by atoms with E-state index in [1.807, 2.05) is 0 Å². The zero-order chi connectivity index (χ0) is 10.5. The number of carboxylic acid groups (broad SMARTS) is 1. The van der Waals surface area contributed by atoms with Crippen molar-refractivity contribution in [3.8, 4) is 0 Å². The van der Waals surface area contributed by atoms with Crippen LogP contribution in [0.15, 0.2) is 16.9 Å². The Morgan fingerprint density at radius 1 is 1.47 bits per heavy atom. The predicted octanol–water partition coefficient (Wildman–Crippen LogP) is 2.56. The molecule has 0 aliphatic heterocycles. The van der Waals surface area contributed by atoms with E-state index in [0.29, 0.717) is 5.41 Å². The zero-order valence-electron chi connectivity index (χ0n) is 8.53. The summed E-state index contributed by atoms with van der Waals surface area (Å²) in [6.45, 7) is 0. The fraction of sp³-hybridized carbons (Fsp3) is 0.583. The molecule has 1 heterocycles. The van der Waals surface area contributed by atoms with E-state index in [9.17, 15) is 4.79 Å². The number of hydrogen-bond donors (Lipinski definition) is 1. The minimum Gasteiger partial charge on any atom is -0.481 e. The standard InChI is InChI=1S/C12H14O3/c13-11(14)5-10-9-7-15-6-8(9)1-2-12(10)3-4-12/h6-7,10H,1-5H2,(H,13,14). The highest BCUT2D eigenvalue weighted by Crippen LogP contribution is 2.63. The highest BCUT2D eigenvalue weighted by molar-refractivity contribution is 5.68. The minimum atomic E-state index is -0.694. The molecule has 80 valence electrons. The van der Waals surface area contributed by atoms with Crippen LogP contribution in [0.25, 0.3) is 0 Å². The Kier molecular flexibility index (Phi) is 1.73. The lowest BCUT2D eigenvalue weighted by molar-refractivity contribution is -0.138. The number of aryl methyl sites for hydroxylation is 1. The summed E-state index contributed by atoms with van der Waals surface area (Å²) in [5.74, 6) is -0.502. The lowest BCUT2D eigenvalue weighted by atomic mass is 9.72. The molecular formula is C12H14O3. The summed E-state index contributed by atoms with van der Waals surface area (Å²) in [5, 5.41) is 8.96. The van der Waals surface area contributed by atoms with Gasteiger partial charge in [-0.3, -0.25) is 4.79 Å². The smallest absolute Gasteiger partial charge is 0.303 e. The van der Waals surface area contributed by atoms with Crippen LogP contribution in [-0.4, -0.2) is 11.1 Å². The third kappa shape index (κ3) is 1.29. The number of rotatable bonds is 2. The van der Waals surface area contributed by atoms with Crippen LogP contribution in [0.3, 0.4) is 0 Å². The monoisotopic (exact) mass is 206 g/mol. The molecule has 0 radical (unpaired) electrons. The molecule has 1 aromatic rings. The maximum atomic E-state index is 10.9. The van der Waals surface area contributed by atoms with Gasteiger partial charge in [0, 0.05) is 5.92 Å². The van der Waals surface area contributed by atoms with Crippen molar-refractivity contribution in [3.05, 3.63) is 23.7 Å². The van der Waals surface area contributed by atoms with Crippen molar-refractivity contribution < 1.29 is 14.3 Å². The van der Waals surface area contributed by atoms with Crippen LogP contribution < -0.4 is 0 Å². The Balaban J connectivity index is 1.97. The van der Waals surface area contributed by atoms with E-state index in [4.69, 9.17) is 9.52 Å². The molecule has 3 rings (SSSR count). The fourth-order valence-corrected chi connectivity index (χ4v) is 2.99. The second-order valence-electron chi connectivity index (χ2n) is 4.87. The van der Waals surface area contributed by atoms with Crippen LogP contribution in [0.4, 0.5) is 0 Å². The lowest BCUT2D eigenvalue weighted by Gasteiger charge is -2.30. The van der Waals surface area contributed by atoms with E-state index in [-0.39, 0.29) is 12.3 Å². The molecule has 0 bridgehead atoms. The molecule has 2 aliphatic carbocycles. The molecule has 1 unspecified atom stereocenters. The van der Waals surface area contributed by atoms with E-state index in [1.54, 1.807) is 12.5 Å². The van der Waals surface area contributed by atoms with Crippen LogP contribution >= 0.6 is 0 Å². The average Bonchev–Trinajstić information content (AvgIpc) is 2.79. The lowest BCUT2D eigenvalue weighted by Crippen LogP contribution is -2.23. The number of fused-ring (bicyclic) bond motifs is 1. The molecule has 0 amide bonds. The van der Waals surface area contributed by atoms with Crippen LogP contribution in [-0.2, 0) is 11.2 Å². The second kappa shape index (κ2) is 2.87. The van der Waals surface area contributed by atoms with Gasteiger partial charge in [0.1, 0.15) is 0 Å². The normalized spacial score (nSPS) is 26.3. The van der Waals surface area contributed by atoms with Gasteiger partial charge in [-0.1, -0.05) is 0 Å². The van der Waals surface area contributed by atoms with Gasteiger partial charge in [-0.05, 0) is 42.2 Å². The Morgan fingerprint density at radius 3 is 2.93 bits per heavy atom. The Hall–Kier alpha value is -1.25. The van der Waals surface area contributed by atoms with E-state index in [0.717, 1.165) is 18.4 Å². The molecule has 1 saturated carbocycles. The first-order valence-corrected chi connectivity index (χ1v) is 5.48. The molecular weight excluding hydrogens is 192 g/mol. The molecule has 1 fully saturated rings. The number of hydrogen-bond acceptors (Lipinski definition) is 2. The van der Waals surface area contributed by atoms with Crippen LogP contribution in [0.2, 0.25) is 0 Å². The summed E-state index contributed by atoms with van der Waals surface area (Å²) in [5.41, 5.74) is 2.68. The Bertz CT molecular complexity index is 401. The van der Waals surface area contributed by atoms with Gasteiger partial charge in [0.2, 0.25) is 0 Å². The minimum absolute atomic E-state index is 0.192. The van der Waals surface area contributed by atoms with Crippen LogP contribution in [0.5, 0.6) is 0 Å². The maximum Gasteiger partial charge on any atom is 0.303 e. The molecule has 0 saturated heterocycles. The quantitative estimate of drug-likeness (QED) is 0.809. The Morgan fingerprint density at radius 2 is 2.27 bits per heavy atom. The van der Waals surface area contributed by atoms with E-state index < -0.39 is 5.97 Å². The largest absolute Gasteiger partial charge is 0.481 e. The van der Waals surface area contributed by atoms with Gasteiger partial charge < -0.3 is 9.52 Å². The van der Waals surface area contributed by atoms with Gasteiger partial charge in [0.15, 0.2) is 0 Å². The molecule has 15 heavy (non-hydrogen) atoms. The fourth-order valence-electron chi connectivity index (χ4n) is 2.99. The third-order valence-corrected chi connectivity index (χ3v) is 4.05. The van der Waals surface area contributed by atoms with Crippen molar-refractivity contribution in [3.63, 3.8) is 0 Å². The molecule has 1 N–H and O–H groups in total. The highest BCUT2D eigenvalue weighted by atomic mass is 16.4. The number of carbonyl (C=O) groups is 1. The summed E-state index contributed by atoms with van der Waals surface area (Å²) in [4.78, 5) is 10.9. The molecule has 2 aliphatic rings. The van der Waals surface area contributed by atoms with Crippen molar-refractivity contribution in [2.45, 2.75) is 38.0 Å². The van der Waals surface area contributed by atoms with Gasteiger partial charge >= 0.3 is 5.97 Å². The average molecular weight is 206 g/mol. The molecule has 1 atom stereocenters. The SMILES string of the molecule is O=C(O)CC1c2cocc2CCC12CC2. The molecule has 3 nitrogen and oxygen atoms in total. The van der Waals surface area contributed by atoms with Gasteiger partial charge in [0.25, 0.3) is 0 Å². The predicted molar refractivity (Wildman–Crippen MR) is 53.7 cm³/mol. The second-order valence-corrected chi connectivity index (χ2v) is 4.87. The molecule has 3 heteroatoms.